The van der Waals surface area contributed by atoms with Crippen LogP contribution in [0, 0.1) is 0 Å². The third-order valence-corrected chi connectivity index (χ3v) is 3.33. The molecular formula is C16H17OTi. The summed E-state index contributed by atoms with van der Waals surface area (Å²) in [5.41, 5.74) is 3.67. The van der Waals surface area contributed by atoms with Gasteiger partial charge in [-0.25, -0.2) is 0 Å². The predicted molar refractivity (Wildman–Crippen MR) is 71.2 cm³/mol. The van der Waals surface area contributed by atoms with E-state index in [1.54, 1.807) is 20.8 Å². The van der Waals surface area contributed by atoms with E-state index in [9.17, 15) is 0 Å². The Morgan fingerprint density at radius 3 is 2.11 bits per heavy atom. The van der Waals surface area contributed by atoms with Crippen molar-refractivity contribution in [3.05, 3.63) is 54.1 Å². The first-order valence-electron chi connectivity index (χ1n) is 6.06. The van der Waals surface area contributed by atoms with E-state index in [0.29, 0.717) is 0 Å². The van der Waals surface area contributed by atoms with Crippen LogP contribution in [0.1, 0.15) is 26.3 Å². The minimum atomic E-state index is 0.0795. The van der Waals surface area contributed by atoms with Crippen molar-refractivity contribution in [3.8, 4) is 16.9 Å². The van der Waals surface area contributed by atoms with Crippen LogP contribution in [-0.4, -0.2) is 0 Å². The summed E-state index contributed by atoms with van der Waals surface area (Å²) in [6, 6.07) is 16.7. The molecule has 0 radical (unpaired) electrons. The van der Waals surface area contributed by atoms with Crippen molar-refractivity contribution in [1.29, 1.82) is 0 Å². The summed E-state index contributed by atoms with van der Waals surface area (Å²) in [5, 5.41) is 0. The topological polar surface area (TPSA) is 9.23 Å². The molecular weight excluding hydrogens is 256 g/mol. The quantitative estimate of drug-likeness (QED) is 0.732. The average molecular weight is 273 g/mol. The molecule has 0 saturated carbocycles. The number of para-hydroxylation sites is 1. The Kier molecular flexibility index (Phi) is 3.94. The fourth-order valence-electron chi connectivity index (χ4n) is 2.08. The molecule has 2 aromatic carbocycles. The van der Waals surface area contributed by atoms with E-state index in [-0.39, 0.29) is 5.41 Å². The van der Waals surface area contributed by atoms with Gasteiger partial charge in [0.05, 0.1) is 0 Å². The molecule has 2 heteroatoms. The molecule has 0 spiro atoms. The Morgan fingerprint density at radius 2 is 1.56 bits per heavy atom. The maximum atomic E-state index is 5.66. The minimum absolute atomic E-state index is 0.0795. The second-order valence-electron chi connectivity index (χ2n) is 5.40. The van der Waals surface area contributed by atoms with Crippen molar-refractivity contribution < 1.29 is 24.1 Å². The van der Waals surface area contributed by atoms with E-state index < -0.39 is 0 Å². The van der Waals surface area contributed by atoms with Crippen molar-refractivity contribution in [2.24, 2.45) is 0 Å². The Balaban J connectivity index is 2.63. The zero-order chi connectivity index (χ0) is 13.2. The second kappa shape index (κ2) is 5.30. The van der Waals surface area contributed by atoms with E-state index in [4.69, 9.17) is 3.32 Å². The summed E-state index contributed by atoms with van der Waals surface area (Å²) in [4.78, 5) is 0. The van der Waals surface area contributed by atoms with Gasteiger partial charge in [-0.15, -0.1) is 0 Å². The molecule has 0 aromatic heterocycles. The molecule has 0 unspecified atom stereocenters. The molecule has 0 aliphatic heterocycles. The number of benzene rings is 2. The van der Waals surface area contributed by atoms with Crippen molar-refractivity contribution >= 4 is 0 Å². The summed E-state index contributed by atoms with van der Waals surface area (Å²) in [6.07, 6.45) is 0. The number of rotatable bonds is 2. The van der Waals surface area contributed by atoms with Crippen molar-refractivity contribution in [3.63, 3.8) is 0 Å². The van der Waals surface area contributed by atoms with Crippen LogP contribution < -0.4 is 3.32 Å². The van der Waals surface area contributed by atoms with Crippen LogP contribution >= 0.6 is 0 Å². The van der Waals surface area contributed by atoms with E-state index in [1.165, 1.54) is 11.1 Å². The van der Waals surface area contributed by atoms with Gasteiger partial charge in [-0.05, 0) is 0 Å². The molecule has 0 aliphatic carbocycles. The molecule has 0 heterocycles. The fourth-order valence-corrected chi connectivity index (χ4v) is 2.43. The zero-order valence-corrected chi connectivity index (χ0v) is 12.6. The zero-order valence-electron chi connectivity index (χ0n) is 11.0. The molecule has 2 rings (SSSR count). The van der Waals surface area contributed by atoms with Crippen molar-refractivity contribution in [2.45, 2.75) is 26.2 Å². The molecule has 91 valence electrons. The maximum absolute atomic E-state index is 5.66. The Hall–Kier alpha value is -1.05. The standard InChI is InChI=1S/C16H18O.Ti/c1-16(2,3)14-11-7-10-13(15(14)17)12-8-5-4-6-9-12;/h4-11,17H,1-3H3;/q;+1/p-1. The molecule has 18 heavy (non-hydrogen) atoms. The van der Waals surface area contributed by atoms with Crippen molar-refractivity contribution in [1.82, 2.24) is 0 Å². The van der Waals surface area contributed by atoms with Gasteiger partial charge in [-0.3, -0.25) is 0 Å². The van der Waals surface area contributed by atoms with Gasteiger partial charge in [-0.2, -0.15) is 0 Å². The predicted octanol–water partition coefficient (Wildman–Crippen LogP) is 4.49. The molecule has 2 aromatic rings. The van der Waals surface area contributed by atoms with Gasteiger partial charge >= 0.3 is 121 Å². The fraction of sp³-hybridized carbons (Fsp3) is 0.250. The molecule has 0 amide bonds. The van der Waals surface area contributed by atoms with Crippen LogP contribution in [0.3, 0.4) is 0 Å². The first-order valence-corrected chi connectivity index (χ1v) is 6.70. The summed E-state index contributed by atoms with van der Waals surface area (Å²) in [7, 11) is 0. The summed E-state index contributed by atoms with van der Waals surface area (Å²) >= 11 is 1.75. The number of hydrogen-bond donors (Lipinski definition) is 0. The third kappa shape index (κ3) is 2.68. The Bertz CT molecular complexity index is 527. The summed E-state index contributed by atoms with van der Waals surface area (Å²) in [6.45, 7) is 6.62. The normalized spacial score (nSPS) is 11.2. The molecule has 0 atom stereocenters. The molecule has 0 bridgehead atoms. The van der Waals surface area contributed by atoms with Crippen molar-refractivity contribution in [2.75, 3.05) is 0 Å². The molecule has 1 nitrogen and oxygen atoms in total. The van der Waals surface area contributed by atoms with Gasteiger partial charge in [0.15, 0.2) is 0 Å². The Morgan fingerprint density at radius 1 is 0.889 bits per heavy atom. The molecule has 0 aliphatic rings. The van der Waals surface area contributed by atoms with Gasteiger partial charge in [-0.1, -0.05) is 0 Å². The number of hydrogen-bond acceptors (Lipinski definition) is 1. The Labute approximate surface area is 121 Å². The van der Waals surface area contributed by atoms with Crippen LogP contribution in [0.2, 0.25) is 0 Å². The van der Waals surface area contributed by atoms with E-state index in [1.807, 2.05) is 6.07 Å². The van der Waals surface area contributed by atoms with E-state index >= 15 is 0 Å². The van der Waals surface area contributed by atoms with Crippen LogP contribution in [0.5, 0.6) is 5.75 Å². The van der Waals surface area contributed by atoms with Crippen LogP contribution in [0.15, 0.2) is 48.5 Å². The van der Waals surface area contributed by atoms with E-state index in [2.05, 4.69) is 63.2 Å². The van der Waals surface area contributed by atoms with Gasteiger partial charge in [0.25, 0.3) is 0 Å². The molecule has 0 N–H and O–H groups in total. The molecule has 0 saturated heterocycles. The van der Waals surface area contributed by atoms with Gasteiger partial charge in [0.1, 0.15) is 0 Å². The molecule has 0 fully saturated rings. The first-order chi connectivity index (χ1) is 8.54. The summed E-state index contributed by atoms with van der Waals surface area (Å²) in [5.74, 6) is 0.983. The SMILES string of the molecule is CC(C)(C)c1cccc(-c2ccccc2)c1[O][Ti]. The van der Waals surface area contributed by atoms with Crippen LogP contribution in [0.4, 0.5) is 0 Å². The third-order valence-electron chi connectivity index (χ3n) is 3.01. The average Bonchev–Trinajstić information content (AvgIpc) is 2.37. The van der Waals surface area contributed by atoms with Crippen LogP contribution in [-0.2, 0) is 26.2 Å². The van der Waals surface area contributed by atoms with E-state index in [0.717, 1.165) is 11.3 Å². The summed E-state index contributed by atoms with van der Waals surface area (Å²) < 4.78 is 5.66. The van der Waals surface area contributed by atoms with Crippen LogP contribution in [0.25, 0.3) is 11.1 Å². The second-order valence-corrected chi connectivity index (χ2v) is 5.72. The first kappa shape index (κ1) is 13.4. The van der Waals surface area contributed by atoms with Gasteiger partial charge in [0, 0.05) is 0 Å². The van der Waals surface area contributed by atoms with Gasteiger partial charge < -0.3 is 0 Å². The monoisotopic (exact) mass is 273 g/mol. The van der Waals surface area contributed by atoms with Gasteiger partial charge in [0.2, 0.25) is 0 Å².